The SMILES string of the molecule is CCCOc1ccc(OCC(=O)NC2CNCCC2C)cc1.Cl. The Morgan fingerprint density at radius 1 is 1.26 bits per heavy atom. The Hall–Kier alpha value is -1.46. The number of amides is 1. The van der Waals surface area contributed by atoms with Gasteiger partial charge >= 0.3 is 0 Å². The van der Waals surface area contributed by atoms with Crippen LogP contribution in [-0.2, 0) is 4.79 Å². The van der Waals surface area contributed by atoms with Crippen LogP contribution in [0.15, 0.2) is 24.3 Å². The van der Waals surface area contributed by atoms with E-state index in [1.807, 2.05) is 24.3 Å². The van der Waals surface area contributed by atoms with Crippen LogP contribution in [0.3, 0.4) is 0 Å². The largest absolute Gasteiger partial charge is 0.494 e. The fourth-order valence-corrected chi connectivity index (χ4v) is 2.43. The van der Waals surface area contributed by atoms with Gasteiger partial charge in [-0.2, -0.15) is 0 Å². The summed E-state index contributed by atoms with van der Waals surface area (Å²) < 4.78 is 11.0. The van der Waals surface area contributed by atoms with E-state index in [4.69, 9.17) is 9.47 Å². The summed E-state index contributed by atoms with van der Waals surface area (Å²) in [7, 11) is 0. The molecule has 1 heterocycles. The minimum Gasteiger partial charge on any atom is -0.494 e. The first kappa shape index (κ1) is 19.6. The highest BCUT2D eigenvalue weighted by Gasteiger charge is 2.22. The Morgan fingerprint density at radius 2 is 1.91 bits per heavy atom. The van der Waals surface area contributed by atoms with E-state index in [-0.39, 0.29) is 31.0 Å². The van der Waals surface area contributed by atoms with Crippen molar-refractivity contribution in [1.29, 1.82) is 0 Å². The number of hydrogen-bond acceptors (Lipinski definition) is 4. The van der Waals surface area contributed by atoms with E-state index in [0.29, 0.717) is 18.3 Å². The van der Waals surface area contributed by atoms with Crippen LogP contribution in [0, 0.1) is 5.92 Å². The second-order valence-corrected chi connectivity index (χ2v) is 5.75. The fourth-order valence-electron chi connectivity index (χ4n) is 2.43. The number of ether oxygens (including phenoxy) is 2. The van der Waals surface area contributed by atoms with E-state index in [0.717, 1.165) is 31.7 Å². The van der Waals surface area contributed by atoms with Crippen LogP contribution >= 0.6 is 12.4 Å². The molecule has 1 aliphatic rings. The van der Waals surface area contributed by atoms with Crippen LogP contribution in [0.1, 0.15) is 26.7 Å². The van der Waals surface area contributed by atoms with E-state index in [1.165, 1.54) is 0 Å². The van der Waals surface area contributed by atoms with Crippen LogP contribution in [0.25, 0.3) is 0 Å². The highest BCUT2D eigenvalue weighted by atomic mass is 35.5. The number of benzene rings is 1. The smallest absolute Gasteiger partial charge is 0.258 e. The number of hydrogen-bond donors (Lipinski definition) is 2. The molecule has 1 fully saturated rings. The van der Waals surface area contributed by atoms with Gasteiger partial charge in [0.2, 0.25) is 0 Å². The molecular formula is C17H27ClN2O3. The van der Waals surface area contributed by atoms with Crippen molar-refractivity contribution in [1.82, 2.24) is 10.6 Å². The van der Waals surface area contributed by atoms with Gasteiger partial charge in [0.1, 0.15) is 11.5 Å². The van der Waals surface area contributed by atoms with Gasteiger partial charge in [-0.15, -0.1) is 12.4 Å². The van der Waals surface area contributed by atoms with Gasteiger partial charge in [-0.1, -0.05) is 13.8 Å². The molecule has 5 nitrogen and oxygen atoms in total. The zero-order valence-electron chi connectivity index (χ0n) is 13.8. The Kier molecular flexibility index (Phi) is 8.81. The molecule has 6 heteroatoms. The summed E-state index contributed by atoms with van der Waals surface area (Å²) in [5, 5.41) is 6.32. The van der Waals surface area contributed by atoms with Gasteiger partial charge in [-0.05, 0) is 49.6 Å². The first-order valence-corrected chi connectivity index (χ1v) is 8.04. The topological polar surface area (TPSA) is 59.6 Å². The third kappa shape index (κ3) is 6.67. The Morgan fingerprint density at radius 3 is 2.52 bits per heavy atom. The van der Waals surface area contributed by atoms with Crippen molar-refractivity contribution in [3.63, 3.8) is 0 Å². The lowest BCUT2D eigenvalue weighted by molar-refractivity contribution is -0.124. The predicted octanol–water partition coefficient (Wildman–Crippen LogP) is 2.39. The lowest BCUT2D eigenvalue weighted by Crippen LogP contribution is -2.51. The van der Waals surface area contributed by atoms with Crippen LogP contribution in [0.2, 0.25) is 0 Å². The van der Waals surface area contributed by atoms with Crippen molar-refractivity contribution in [2.75, 3.05) is 26.3 Å². The molecule has 130 valence electrons. The molecule has 0 saturated carbocycles. The summed E-state index contributed by atoms with van der Waals surface area (Å²) in [6.45, 7) is 6.84. The van der Waals surface area contributed by atoms with Crippen LogP contribution in [0.5, 0.6) is 11.5 Å². The zero-order valence-corrected chi connectivity index (χ0v) is 14.7. The predicted molar refractivity (Wildman–Crippen MR) is 93.6 cm³/mol. The normalized spacial score (nSPS) is 20.3. The van der Waals surface area contributed by atoms with Crippen LogP contribution in [-0.4, -0.2) is 38.3 Å². The number of carbonyl (C=O) groups excluding carboxylic acids is 1. The van der Waals surface area contributed by atoms with Gasteiger partial charge in [0.15, 0.2) is 6.61 Å². The summed E-state index contributed by atoms with van der Waals surface area (Å²) in [5.74, 6) is 1.92. The molecule has 0 aromatic heterocycles. The summed E-state index contributed by atoms with van der Waals surface area (Å²) in [6.07, 6.45) is 2.07. The minimum atomic E-state index is -0.0770. The van der Waals surface area contributed by atoms with Gasteiger partial charge in [0.05, 0.1) is 6.61 Å². The van der Waals surface area contributed by atoms with E-state index < -0.39 is 0 Å². The van der Waals surface area contributed by atoms with Gasteiger partial charge in [0.25, 0.3) is 5.91 Å². The molecule has 23 heavy (non-hydrogen) atoms. The van der Waals surface area contributed by atoms with E-state index in [1.54, 1.807) is 0 Å². The monoisotopic (exact) mass is 342 g/mol. The fraction of sp³-hybridized carbons (Fsp3) is 0.588. The van der Waals surface area contributed by atoms with Gasteiger partial charge in [0, 0.05) is 12.6 Å². The maximum absolute atomic E-state index is 11.9. The van der Waals surface area contributed by atoms with Gasteiger partial charge < -0.3 is 20.1 Å². The molecule has 0 aliphatic carbocycles. The molecule has 1 aromatic rings. The van der Waals surface area contributed by atoms with Crippen molar-refractivity contribution < 1.29 is 14.3 Å². The maximum atomic E-state index is 11.9. The first-order chi connectivity index (χ1) is 10.7. The zero-order chi connectivity index (χ0) is 15.8. The van der Waals surface area contributed by atoms with Crippen molar-refractivity contribution in [2.24, 2.45) is 5.92 Å². The van der Waals surface area contributed by atoms with Crippen molar-refractivity contribution in [3.05, 3.63) is 24.3 Å². The summed E-state index contributed by atoms with van der Waals surface area (Å²) in [6, 6.07) is 7.55. The number of rotatable bonds is 7. The number of carbonyl (C=O) groups is 1. The Bertz CT molecular complexity index is 467. The molecule has 2 rings (SSSR count). The van der Waals surface area contributed by atoms with Crippen molar-refractivity contribution in [2.45, 2.75) is 32.7 Å². The first-order valence-electron chi connectivity index (χ1n) is 8.04. The minimum absolute atomic E-state index is 0. The highest BCUT2D eigenvalue weighted by Crippen LogP contribution is 2.17. The summed E-state index contributed by atoms with van der Waals surface area (Å²) in [4.78, 5) is 11.9. The molecule has 0 radical (unpaired) electrons. The summed E-state index contributed by atoms with van der Waals surface area (Å²) in [5.41, 5.74) is 0. The van der Waals surface area contributed by atoms with Gasteiger partial charge in [-0.25, -0.2) is 0 Å². The molecule has 2 atom stereocenters. The maximum Gasteiger partial charge on any atom is 0.258 e. The van der Waals surface area contributed by atoms with E-state index in [9.17, 15) is 4.79 Å². The molecule has 1 aliphatic heterocycles. The highest BCUT2D eigenvalue weighted by molar-refractivity contribution is 5.85. The van der Waals surface area contributed by atoms with E-state index >= 15 is 0 Å². The van der Waals surface area contributed by atoms with Crippen molar-refractivity contribution >= 4 is 18.3 Å². The third-order valence-corrected chi connectivity index (χ3v) is 3.84. The van der Waals surface area contributed by atoms with Crippen LogP contribution in [0.4, 0.5) is 0 Å². The van der Waals surface area contributed by atoms with Crippen LogP contribution < -0.4 is 20.1 Å². The Labute approximate surface area is 144 Å². The standard InChI is InChI=1S/C17H26N2O3.ClH/c1-3-10-21-14-4-6-15(7-5-14)22-12-17(20)19-16-11-18-9-8-13(16)2;/h4-7,13,16,18H,3,8-12H2,1-2H3,(H,19,20);1H. The molecule has 2 N–H and O–H groups in total. The molecule has 1 amide bonds. The Balaban J connectivity index is 0.00000264. The molecule has 1 saturated heterocycles. The molecule has 1 aromatic carbocycles. The number of nitrogens with one attached hydrogen (secondary N) is 2. The lowest BCUT2D eigenvalue weighted by atomic mass is 9.95. The van der Waals surface area contributed by atoms with Crippen molar-refractivity contribution in [3.8, 4) is 11.5 Å². The van der Waals surface area contributed by atoms with E-state index in [2.05, 4.69) is 24.5 Å². The third-order valence-electron chi connectivity index (χ3n) is 3.84. The number of halogens is 1. The molecule has 0 bridgehead atoms. The molecular weight excluding hydrogens is 316 g/mol. The lowest BCUT2D eigenvalue weighted by Gasteiger charge is -2.30. The quantitative estimate of drug-likeness (QED) is 0.798. The number of piperidine rings is 1. The average molecular weight is 343 g/mol. The second kappa shape index (κ2) is 10.3. The summed E-state index contributed by atoms with van der Waals surface area (Å²) >= 11 is 0. The molecule has 0 spiro atoms. The second-order valence-electron chi connectivity index (χ2n) is 5.75. The van der Waals surface area contributed by atoms with Gasteiger partial charge in [-0.3, -0.25) is 4.79 Å². The average Bonchev–Trinajstić information content (AvgIpc) is 2.54. The molecule has 2 unspecified atom stereocenters.